The summed E-state index contributed by atoms with van der Waals surface area (Å²) in [5.41, 5.74) is 0.962. The number of benzene rings is 2. The number of nitriles is 1. The van der Waals surface area contributed by atoms with Crippen LogP contribution < -0.4 is 0 Å². The predicted molar refractivity (Wildman–Crippen MR) is 115 cm³/mol. The number of hydrogen-bond acceptors (Lipinski definition) is 3. The van der Waals surface area contributed by atoms with Gasteiger partial charge >= 0.3 is 6.18 Å². The number of aromatic nitrogens is 3. The number of carbonyl (C=O) groups is 1. The Labute approximate surface area is 187 Å². The second-order valence-electron chi connectivity index (χ2n) is 7.40. The Balaban J connectivity index is 1.71. The highest BCUT2D eigenvalue weighted by Gasteiger charge is 2.31. The molecule has 6 nitrogen and oxygen atoms in total. The Morgan fingerprint density at radius 2 is 1.79 bits per heavy atom. The van der Waals surface area contributed by atoms with Crippen LogP contribution in [0.1, 0.15) is 27.0 Å². The molecule has 0 unspecified atom stereocenters. The van der Waals surface area contributed by atoms with Crippen molar-refractivity contribution in [3.8, 4) is 17.6 Å². The lowest BCUT2D eigenvalue weighted by Gasteiger charge is -2.18. The molecular weight excluding hydrogens is 431 g/mol. The Morgan fingerprint density at radius 3 is 2.42 bits per heavy atom. The van der Waals surface area contributed by atoms with Gasteiger partial charge in [0.15, 0.2) is 5.82 Å². The van der Waals surface area contributed by atoms with Gasteiger partial charge in [-0.05, 0) is 48.0 Å². The van der Waals surface area contributed by atoms with Gasteiger partial charge in [-0.15, -0.1) is 0 Å². The normalized spacial score (nSPS) is 11.2. The van der Waals surface area contributed by atoms with Gasteiger partial charge in [-0.3, -0.25) is 4.79 Å². The van der Waals surface area contributed by atoms with E-state index >= 15 is 0 Å². The first kappa shape index (κ1) is 21.9. The van der Waals surface area contributed by atoms with Crippen LogP contribution in [-0.4, -0.2) is 32.2 Å². The molecule has 0 saturated carbocycles. The lowest BCUT2D eigenvalue weighted by atomic mass is 10.1. The molecule has 2 aromatic heterocycles. The molecule has 4 aromatic rings. The molecule has 0 radical (unpaired) electrons. The first-order chi connectivity index (χ1) is 15.8. The molecule has 9 heteroatoms. The van der Waals surface area contributed by atoms with Gasteiger partial charge in [0.25, 0.3) is 5.91 Å². The maximum atomic E-state index is 13.3. The van der Waals surface area contributed by atoms with Crippen LogP contribution in [0, 0.1) is 11.3 Å². The van der Waals surface area contributed by atoms with E-state index in [1.165, 1.54) is 27.9 Å². The van der Waals surface area contributed by atoms with E-state index in [9.17, 15) is 18.0 Å². The van der Waals surface area contributed by atoms with Gasteiger partial charge in [0.05, 0.1) is 29.1 Å². The van der Waals surface area contributed by atoms with Gasteiger partial charge in [0, 0.05) is 26.0 Å². The van der Waals surface area contributed by atoms with Gasteiger partial charge in [0.2, 0.25) is 0 Å². The average molecular weight is 449 g/mol. The van der Waals surface area contributed by atoms with E-state index in [4.69, 9.17) is 5.26 Å². The van der Waals surface area contributed by atoms with E-state index in [0.29, 0.717) is 11.4 Å². The van der Waals surface area contributed by atoms with Crippen LogP contribution in [0.5, 0.6) is 0 Å². The highest BCUT2D eigenvalue weighted by Crippen LogP contribution is 2.31. The smallest absolute Gasteiger partial charge is 0.337 e. The van der Waals surface area contributed by atoms with E-state index in [1.54, 1.807) is 60.4 Å². The summed E-state index contributed by atoms with van der Waals surface area (Å²) in [6.07, 6.45) is 0.237. The SMILES string of the molecule is CN(Cc1ccc(C#N)cc1)C(=O)c1cnn(-c2cccc(C(F)(F)F)c2)c1-n1cccc1. The van der Waals surface area contributed by atoms with Crippen molar-refractivity contribution < 1.29 is 18.0 Å². The second kappa shape index (κ2) is 8.67. The molecule has 4 rings (SSSR count). The number of alkyl halides is 3. The van der Waals surface area contributed by atoms with Gasteiger partial charge in [-0.1, -0.05) is 18.2 Å². The number of nitrogens with zero attached hydrogens (tertiary/aromatic N) is 5. The quantitative estimate of drug-likeness (QED) is 0.439. The summed E-state index contributed by atoms with van der Waals surface area (Å²) in [7, 11) is 1.63. The predicted octanol–water partition coefficient (Wildman–Crippen LogP) is 4.83. The fourth-order valence-corrected chi connectivity index (χ4v) is 3.46. The lowest BCUT2D eigenvalue weighted by Crippen LogP contribution is -2.27. The Hall–Kier alpha value is -4.32. The maximum Gasteiger partial charge on any atom is 0.416 e. The van der Waals surface area contributed by atoms with Crippen LogP contribution in [0.25, 0.3) is 11.5 Å². The maximum absolute atomic E-state index is 13.3. The van der Waals surface area contributed by atoms with Crippen molar-refractivity contribution in [3.05, 3.63) is 102 Å². The standard InChI is InChI=1S/C24H18F3N5O/c1-30(16-18-9-7-17(14-28)8-10-18)23(33)21-15-29-32(22(21)31-11-2-3-12-31)20-6-4-5-19(13-20)24(25,26)27/h2-13,15H,16H2,1H3. The summed E-state index contributed by atoms with van der Waals surface area (Å²) in [6, 6.07) is 17.2. The number of halogens is 3. The van der Waals surface area contributed by atoms with Gasteiger partial charge in [-0.2, -0.15) is 23.5 Å². The number of carbonyl (C=O) groups excluding carboxylic acids is 1. The Bertz CT molecular complexity index is 1320. The zero-order chi connectivity index (χ0) is 23.6. The molecule has 0 fully saturated rings. The van der Waals surface area contributed by atoms with Gasteiger partial charge < -0.3 is 9.47 Å². The summed E-state index contributed by atoms with van der Waals surface area (Å²) in [5.74, 6) is -0.0164. The average Bonchev–Trinajstić information content (AvgIpc) is 3.48. The number of rotatable bonds is 5. The van der Waals surface area contributed by atoms with Crippen LogP contribution in [0.15, 0.2) is 79.3 Å². The van der Waals surface area contributed by atoms with Gasteiger partial charge in [0.1, 0.15) is 5.56 Å². The number of hydrogen-bond donors (Lipinski definition) is 0. The van der Waals surface area contributed by atoms with Crippen LogP contribution >= 0.6 is 0 Å². The summed E-state index contributed by atoms with van der Waals surface area (Å²) >= 11 is 0. The fraction of sp³-hybridized carbons (Fsp3) is 0.125. The molecule has 0 spiro atoms. The summed E-state index contributed by atoms with van der Waals surface area (Å²) in [5, 5.41) is 13.2. The molecule has 2 heterocycles. The number of amides is 1. The molecule has 0 aliphatic rings. The molecule has 0 aliphatic heterocycles. The van der Waals surface area contributed by atoms with E-state index in [1.807, 2.05) is 6.07 Å². The molecule has 2 aromatic carbocycles. The van der Waals surface area contributed by atoms with Crippen LogP contribution in [0.4, 0.5) is 13.2 Å². The van der Waals surface area contributed by atoms with Crippen molar-refractivity contribution in [3.63, 3.8) is 0 Å². The van der Waals surface area contributed by atoms with Crippen LogP contribution in [0.3, 0.4) is 0 Å². The zero-order valence-corrected chi connectivity index (χ0v) is 17.5. The topological polar surface area (TPSA) is 66.8 Å². The molecule has 0 bridgehead atoms. The van der Waals surface area contributed by atoms with Crippen molar-refractivity contribution in [2.75, 3.05) is 7.05 Å². The van der Waals surface area contributed by atoms with E-state index < -0.39 is 11.7 Å². The summed E-state index contributed by atoms with van der Waals surface area (Å²) in [4.78, 5) is 14.8. The van der Waals surface area contributed by atoms with Crippen molar-refractivity contribution in [2.24, 2.45) is 0 Å². The molecule has 0 aliphatic carbocycles. The molecule has 0 saturated heterocycles. The first-order valence-corrected chi connectivity index (χ1v) is 9.91. The Kier molecular flexibility index (Phi) is 5.75. The van der Waals surface area contributed by atoms with Crippen molar-refractivity contribution >= 4 is 5.91 Å². The minimum Gasteiger partial charge on any atom is -0.337 e. The second-order valence-corrected chi connectivity index (χ2v) is 7.40. The lowest BCUT2D eigenvalue weighted by molar-refractivity contribution is -0.137. The van der Waals surface area contributed by atoms with Gasteiger partial charge in [-0.25, -0.2) is 4.68 Å². The van der Waals surface area contributed by atoms with E-state index in [2.05, 4.69) is 5.10 Å². The molecule has 0 N–H and O–H groups in total. The molecular formula is C24H18F3N5O. The summed E-state index contributed by atoms with van der Waals surface area (Å²) < 4.78 is 42.7. The minimum absolute atomic E-state index is 0.183. The van der Waals surface area contributed by atoms with Crippen molar-refractivity contribution in [2.45, 2.75) is 12.7 Å². The minimum atomic E-state index is -4.50. The first-order valence-electron chi connectivity index (χ1n) is 9.91. The molecule has 0 atom stereocenters. The highest BCUT2D eigenvalue weighted by molar-refractivity contribution is 5.97. The third-order valence-corrected chi connectivity index (χ3v) is 5.09. The fourth-order valence-electron chi connectivity index (χ4n) is 3.46. The third kappa shape index (κ3) is 4.50. The molecule has 1 amide bonds. The molecule has 33 heavy (non-hydrogen) atoms. The van der Waals surface area contributed by atoms with Crippen LogP contribution in [0.2, 0.25) is 0 Å². The van der Waals surface area contributed by atoms with Crippen molar-refractivity contribution in [1.29, 1.82) is 5.26 Å². The molecule has 166 valence electrons. The Morgan fingerprint density at radius 1 is 1.09 bits per heavy atom. The third-order valence-electron chi connectivity index (χ3n) is 5.09. The zero-order valence-electron chi connectivity index (χ0n) is 17.5. The largest absolute Gasteiger partial charge is 0.416 e. The van der Waals surface area contributed by atoms with Crippen LogP contribution in [-0.2, 0) is 12.7 Å². The van der Waals surface area contributed by atoms with Crippen molar-refractivity contribution in [1.82, 2.24) is 19.2 Å². The van der Waals surface area contributed by atoms with E-state index in [0.717, 1.165) is 17.7 Å². The van der Waals surface area contributed by atoms with E-state index in [-0.39, 0.29) is 23.7 Å². The summed E-state index contributed by atoms with van der Waals surface area (Å²) in [6.45, 7) is 0.282. The monoisotopic (exact) mass is 449 g/mol. The highest BCUT2D eigenvalue weighted by atomic mass is 19.4.